The molecule has 6 heteroatoms. The van der Waals surface area contributed by atoms with Gasteiger partial charge in [-0.15, -0.1) is 0 Å². The van der Waals surface area contributed by atoms with Crippen LogP contribution in [0.1, 0.15) is 13.3 Å². The number of benzene rings is 1. The van der Waals surface area contributed by atoms with E-state index in [1.807, 2.05) is 0 Å². The van der Waals surface area contributed by atoms with Gasteiger partial charge in [0.25, 0.3) is 0 Å². The lowest BCUT2D eigenvalue weighted by molar-refractivity contribution is -0.147. The summed E-state index contributed by atoms with van der Waals surface area (Å²) < 4.78 is 10.0. The van der Waals surface area contributed by atoms with E-state index in [-0.39, 0.29) is 18.3 Å². The zero-order chi connectivity index (χ0) is 14.7. The zero-order valence-electron chi connectivity index (χ0n) is 11.6. The summed E-state index contributed by atoms with van der Waals surface area (Å²) in [7, 11) is 1.53. The quantitative estimate of drug-likeness (QED) is 0.661. The van der Waals surface area contributed by atoms with Gasteiger partial charge in [-0.05, 0) is 25.1 Å². The van der Waals surface area contributed by atoms with Gasteiger partial charge in [0.2, 0.25) is 5.91 Å². The maximum Gasteiger partial charge on any atom is 0.311 e. The molecule has 1 aliphatic heterocycles. The van der Waals surface area contributed by atoms with Gasteiger partial charge in [-0.2, -0.15) is 0 Å². The highest BCUT2D eigenvalue weighted by atomic mass is 16.5. The molecule has 0 spiro atoms. The van der Waals surface area contributed by atoms with Crippen molar-refractivity contribution in [3.8, 4) is 5.75 Å². The number of nitrogens with two attached hydrogens (primary N) is 1. The summed E-state index contributed by atoms with van der Waals surface area (Å²) in [6, 6.07) is 5.13. The summed E-state index contributed by atoms with van der Waals surface area (Å²) in [6.45, 7) is 2.39. The fourth-order valence-corrected chi connectivity index (χ4v) is 2.26. The summed E-state index contributed by atoms with van der Waals surface area (Å²) >= 11 is 0. The Morgan fingerprint density at radius 1 is 1.50 bits per heavy atom. The van der Waals surface area contributed by atoms with Crippen molar-refractivity contribution in [3.63, 3.8) is 0 Å². The molecule has 0 aliphatic carbocycles. The molecule has 1 amide bonds. The topological polar surface area (TPSA) is 81.9 Å². The van der Waals surface area contributed by atoms with E-state index in [4.69, 9.17) is 15.2 Å². The molecule has 0 bridgehead atoms. The highest BCUT2D eigenvalue weighted by Crippen LogP contribution is 2.31. The molecule has 6 nitrogen and oxygen atoms in total. The van der Waals surface area contributed by atoms with Gasteiger partial charge in [-0.3, -0.25) is 9.59 Å². The van der Waals surface area contributed by atoms with Crippen LogP contribution < -0.4 is 15.4 Å². The second kappa shape index (κ2) is 5.81. The first-order chi connectivity index (χ1) is 9.56. The number of nitrogen functional groups attached to an aromatic ring is 1. The number of hydrogen-bond donors (Lipinski definition) is 1. The van der Waals surface area contributed by atoms with Gasteiger partial charge in [0.05, 0.1) is 25.3 Å². The molecule has 1 aliphatic rings. The van der Waals surface area contributed by atoms with Crippen molar-refractivity contribution in [1.82, 2.24) is 0 Å². The van der Waals surface area contributed by atoms with E-state index in [2.05, 4.69) is 0 Å². The van der Waals surface area contributed by atoms with Crippen LogP contribution in [0.5, 0.6) is 5.75 Å². The summed E-state index contributed by atoms with van der Waals surface area (Å²) in [4.78, 5) is 25.2. The van der Waals surface area contributed by atoms with E-state index in [0.717, 1.165) is 0 Å². The van der Waals surface area contributed by atoms with Crippen LogP contribution >= 0.6 is 0 Å². The van der Waals surface area contributed by atoms with Crippen LogP contribution in [0, 0.1) is 5.92 Å². The number of esters is 1. The van der Waals surface area contributed by atoms with Crippen LogP contribution in [0.2, 0.25) is 0 Å². The lowest BCUT2D eigenvalue weighted by Gasteiger charge is -2.17. The first-order valence-electron chi connectivity index (χ1n) is 6.47. The normalized spacial score (nSPS) is 18.2. The van der Waals surface area contributed by atoms with Gasteiger partial charge < -0.3 is 20.1 Å². The summed E-state index contributed by atoms with van der Waals surface area (Å²) in [5.74, 6) is -0.287. The molecule has 1 aromatic rings. The smallest absolute Gasteiger partial charge is 0.311 e. The van der Waals surface area contributed by atoms with Gasteiger partial charge in [0, 0.05) is 18.7 Å². The minimum atomic E-state index is -0.411. The van der Waals surface area contributed by atoms with E-state index in [1.54, 1.807) is 30.0 Å². The molecule has 20 heavy (non-hydrogen) atoms. The number of methoxy groups -OCH3 is 1. The molecule has 0 aromatic heterocycles. The van der Waals surface area contributed by atoms with E-state index in [9.17, 15) is 9.59 Å². The predicted molar refractivity (Wildman–Crippen MR) is 74.5 cm³/mol. The minimum absolute atomic E-state index is 0.104. The molecule has 108 valence electrons. The number of ether oxygens (including phenoxy) is 2. The Kier molecular flexibility index (Phi) is 4.12. The number of carbonyl (C=O) groups excluding carboxylic acids is 2. The summed E-state index contributed by atoms with van der Waals surface area (Å²) in [6.07, 6.45) is 0.171. The number of amides is 1. The molecule has 1 aromatic carbocycles. The zero-order valence-corrected chi connectivity index (χ0v) is 11.6. The van der Waals surface area contributed by atoms with E-state index in [1.165, 1.54) is 7.11 Å². The van der Waals surface area contributed by atoms with Gasteiger partial charge >= 0.3 is 5.97 Å². The van der Waals surface area contributed by atoms with Gasteiger partial charge in [0.1, 0.15) is 5.75 Å². The summed E-state index contributed by atoms with van der Waals surface area (Å²) in [5, 5.41) is 0. The maximum absolute atomic E-state index is 12.0. The van der Waals surface area contributed by atoms with Crippen LogP contribution in [0.4, 0.5) is 11.4 Å². The molecular formula is C14H18N2O4. The van der Waals surface area contributed by atoms with E-state index in [0.29, 0.717) is 30.3 Å². The molecule has 0 unspecified atom stereocenters. The Morgan fingerprint density at radius 2 is 2.25 bits per heavy atom. The predicted octanol–water partition coefficient (Wildman–Crippen LogP) is 1.19. The van der Waals surface area contributed by atoms with Crippen LogP contribution in [0.25, 0.3) is 0 Å². The van der Waals surface area contributed by atoms with E-state index >= 15 is 0 Å². The van der Waals surface area contributed by atoms with Crippen molar-refractivity contribution < 1.29 is 19.1 Å². The molecule has 0 saturated carbocycles. The van der Waals surface area contributed by atoms with E-state index < -0.39 is 5.92 Å². The Labute approximate surface area is 117 Å². The largest absolute Gasteiger partial charge is 0.495 e. The number of hydrogen-bond acceptors (Lipinski definition) is 5. The third-order valence-corrected chi connectivity index (χ3v) is 3.27. The SMILES string of the molecule is CCOC(=O)[C@@H]1CC(=O)N(c2ccc(OC)c(N)c2)C1. The monoisotopic (exact) mass is 278 g/mol. The molecule has 1 saturated heterocycles. The van der Waals surface area contributed by atoms with Crippen molar-refractivity contribution in [2.75, 3.05) is 30.9 Å². The lowest BCUT2D eigenvalue weighted by atomic mass is 10.1. The molecule has 0 radical (unpaired) electrons. The molecule has 2 rings (SSSR count). The van der Waals surface area contributed by atoms with Crippen molar-refractivity contribution in [2.24, 2.45) is 5.92 Å². The maximum atomic E-state index is 12.0. The van der Waals surface area contributed by atoms with Crippen molar-refractivity contribution >= 4 is 23.3 Å². The van der Waals surface area contributed by atoms with Crippen LogP contribution in [0.3, 0.4) is 0 Å². The third kappa shape index (κ3) is 2.68. The molecule has 1 fully saturated rings. The first-order valence-corrected chi connectivity index (χ1v) is 6.47. The van der Waals surface area contributed by atoms with Crippen LogP contribution in [-0.2, 0) is 14.3 Å². The number of carbonyl (C=O) groups is 2. The third-order valence-electron chi connectivity index (χ3n) is 3.27. The van der Waals surface area contributed by atoms with Crippen LogP contribution in [-0.4, -0.2) is 32.1 Å². The Morgan fingerprint density at radius 3 is 2.85 bits per heavy atom. The fraction of sp³-hybridized carbons (Fsp3) is 0.429. The Hall–Kier alpha value is -2.24. The number of anilines is 2. The Balaban J connectivity index is 2.15. The second-order valence-corrected chi connectivity index (χ2v) is 4.58. The lowest BCUT2D eigenvalue weighted by Crippen LogP contribution is -2.26. The minimum Gasteiger partial charge on any atom is -0.495 e. The first kappa shape index (κ1) is 14.2. The average molecular weight is 278 g/mol. The van der Waals surface area contributed by atoms with Crippen molar-refractivity contribution in [1.29, 1.82) is 0 Å². The molecule has 1 heterocycles. The second-order valence-electron chi connectivity index (χ2n) is 4.58. The summed E-state index contributed by atoms with van der Waals surface area (Å²) in [5.41, 5.74) is 6.96. The highest BCUT2D eigenvalue weighted by Gasteiger charge is 2.36. The fourth-order valence-electron chi connectivity index (χ4n) is 2.26. The van der Waals surface area contributed by atoms with Gasteiger partial charge in [-0.25, -0.2) is 0 Å². The van der Waals surface area contributed by atoms with Crippen LogP contribution in [0.15, 0.2) is 18.2 Å². The average Bonchev–Trinajstić information content (AvgIpc) is 2.81. The number of nitrogens with zero attached hydrogens (tertiary/aromatic N) is 1. The number of rotatable bonds is 4. The standard InChI is InChI=1S/C14H18N2O4/c1-3-20-14(18)9-6-13(17)16(8-9)10-4-5-12(19-2)11(15)7-10/h4-5,7,9H,3,6,8,15H2,1-2H3/t9-/m1/s1. The van der Waals surface area contributed by atoms with Crippen molar-refractivity contribution in [3.05, 3.63) is 18.2 Å². The highest BCUT2D eigenvalue weighted by molar-refractivity contribution is 5.99. The van der Waals surface area contributed by atoms with Gasteiger partial charge in [-0.1, -0.05) is 0 Å². The Bertz CT molecular complexity index is 530. The molecule has 2 N–H and O–H groups in total. The van der Waals surface area contributed by atoms with Crippen molar-refractivity contribution in [2.45, 2.75) is 13.3 Å². The van der Waals surface area contributed by atoms with Gasteiger partial charge in [0.15, 0.2) is 0 Å². The molecular weight excluding hydrogens is 260 g/mol. The molecule has 1 atom stereocenters.